The Kier molecular flexibility index (Phi) is 4.15. The first-order valence-corrected chi connectivity index (χ1v) is 9.69. The van der Waals surface area contributed by atoms with Gasteiger partial charge >= 0.3 is 0 Å². The van der Waals surface area contributed by atoms with Gasteiger partial charge in [-0.15, -0.1) is 0 Å². The van der Waals surface area contributed by atoms with Crippen molar-refractivity contribution in [2.75, 3.05) is 0 Å². The lowest BCUT2D eigenvalue weighted by molar-refractivity contribution is 0.0548. The molecule has 0 aromatic carbocycles. The van der Waals surface area contributed by atoms with Gasteiger partial charge in [0.15, 0.2) is 0 Å². The average molecular weight is 375 g/mol. The molecule has 0 N–H and O–H groups in total. The first-order valence-electron chi connectivity index (χ1n) is 9.69. The number of nitrogens with zero attached hydrogens (tertiary/aromatic N) is 5. The van der Waals surface area contributed by atoms with E-state index < -0.39 is 0 Å². The molecule has 0 radical (unpaired) electrons. The van der Waals surface area contributed by atoms with Crippen LogP contribution >= 0.6 is 0 Å². The van der Waals surface area contributed by atoms with Crippen LogP contribution in [0.1, 0.15) is 53.7 Å². The standard InChI is InChI=1S/C21H21N5O2/c1-13-4-2-6-18(23-13)21(27)26-16-7-8-17(26)11-15(10-16)20-24-19(25-28-20)14-5-3-9-22-12-14/h2-6,9,12,15-17H,7-8,10-11H2,1H3/t15?,16-,17+. The van der Waals surface area contributed by atoms with Crippen molar-refractivity contribution in [3.05, 3.63) is 60.0 Å². The minimum Gasteiger partial charge on any atom is -0.339 e. The molecule has 7 nitrogen and oxygen atoms in total. The lowest BCUT2D eigenvalue weighted by Crippen LogP contribution is -2.46. The van der Waals surface area contributed by atoms with Gasteiger partial charge in [-0.3, -0.25) is 9.78 Å². The van der Waals surface area contributed by atoms with Gasteiger partial charge in [-0.25, -0.2) is 4.98 Å². The normalized spacial score (nSPS) is 23.8. The molecule has 3 atom stereocenters. The van der Waals surface area contributed by atoms with E-state index in [2.05, 4.69) is 20.1 Å². The zero-order valence-corrected chi connectivity index (χ0v) is 15.7. The van der Waals surface area contributed by atoms with E-state index in [-0.39, 0.29) is 23.9 Å². The van der Waals surface area contributed by atoms with Crippen molar-refractivity contribution in [2.45, 2.75) is 50.6 Å². The molecule has 28 heavy (non-hydrogen) atoms. The van der Waals surface area contributed by atoms with E-state index in [1.165, 1.54) is 0 Å². The van der Waals surface area contributed by atoms with Gasteiger partial charge in [0.2, 0.25) is 11.7 Å². The van der Waals surface area contributed by atoms with Gasteiger partial charge in [0, 0.05) is 41.7 Å². The lowest BCUT2D eigenvalue weighted by Gasteiger charge is -2.37. The number of pyridine rings is 2. The summed E-state index contributed by atoms with van der Waals surface area (Å²) in [6.07, 6.45) is 7.18. The Morgan fingerprint density at radius 2 is 1.93 bits per heavy atom. The van der Waals surface area contributed by atoms with Gasteiger partial charge in [-0.05, 0) is 56.9 Å². The summed E-state index contributed by atoms with van der Waals surface area (Å²) in [6.45, 7) is 1.91. The monoisotopic (exact) mass is 375 g/mol. The molecule has 3 aromatic heterocycles. The SMILES string of the molecule is Cc1cccc(C(=O)N2[C@@H]3CC[C@H]2CC(c2nc(-c4cccnc4)no2)C3)n1. The third-order valence-corrected chi connectivity index (χ3v) is 5.79. The maximum absolute atomic E-state index is 13.1. The summed E-state index contributed by atoms with van der Waals surface area (Å²) in [5.41, 5.74) is 2.24. The topological polar surface area (TPSA) is 85.0 Å². The maximum atomic E-state index is 13.1. The number of aromatic nitrogens is 4. The molecule has 0 saturated carbocycles. The number of carbonyl (C=O) groups is 1. The molecular weight excluding hydrogens is 354 g/mol. The van der Waals surface area contributed by atoms with E-state index in [1.54, 1.807) is 18.5 Å². The second-order valence-corrected chi connectivity index (χ2v) is 7.63. The first-order chi connectivity index (χ1) is 13.7. The van der Waals surface area contributed by atoms with E-state index in [0.717, 1.165) is 36.9 Å². The number of rotatable bonds is 3. The Balaban J connectivity index is 1.35. The molecule has 2 saturated heterocycles. The molecule has 0 spiro atoms. The van der Waals surface area contributed by atoms with E-state index >= 15 is 0 Å². The Morgan fingerprint density at radius 1 is 1.11 bits per heavy atom. The number of fused-ring (bicyclic) bond motifs is 2. The fraction of sp³-hybridized carbons (Fsp3) is 0.381. The minimum absolute atomic E-state index is 0.0382. The summed E-state index contributed by atoms with van der Waals surface area (Å²) in [5.74, 6) is 1.45. The molecule has 2 bridgehead atoms. The van der Waals surface area contributed by atoms with Crippen LogP contribution < -0.4 is 0 Å². The number of carbonyl (C=O) groups excluding carboxylic acids is 1. The zero-order valence-electron chi connectivity index (χ0n) is 15.7. The third kappa shape index (κ3) is 2.96. The molecule has 2 aliphatic rings. The summed E-state index contributed by atoms with van der Waals surface area (Å²) >= 11 is 0. The highest BCUT2D eigenvalue weighted by Gasteiger charge is 2.45. The second-order valence-electron chi connectivity index (χ2n) is 7.63. The Morgan fingerprint density at radius 3 is 2.64 bits per heavy atom. The summed E-state index contributed by atoms with van der Waals surface area (Å²) in [7, 11) is 0. The predicted octanol–water partition coefficient (Wildman–Crippen LogP) is 3.39. The van der Waals surface area contributed by atoms with Crippen molar-refractivity contribution in [3.63, 3.8) is 0 Å². The summed E-state index contributed by atoms with van der Waals surface area (Å²) in [4.78, 5) is 28.2. The number of aryl methyl sites for hydroxylation is 1. The number of hydrogen-bond donors (Lipinski definition) is 0. The van der Waals surface area contributed by atoms with E-state index in [1.807, 2.05) is 36.1 Å². The first kappa shape index (κ1) is 17.0. The van der Waals surface area contributed by atoms with Crippen molar-refractivity contribution < 1.29 is 9.32 Å². The smallest absolute Gasteiger partial charge is 0.272 e. The van der Waals surface area contributed by atoms with Crippen molar-refractivity contribution in [2.24, 2.45) is 0 Å². The van der Waals surface area contributed by atoms with Gasteiger partial charge in [0.25, 0.3) is 5.91 Å². The van der Waals surface area contributed by atoms with Gasteiger partial charge in [0.05, 0.1) is 0 Å². The molecule has 0 aliphatic carbocycles. The van der Waals surface area contributed by atoms with E-state index in [0.29, 0.717) is 17.4 Å². The van der Waals surface area contributed by atoms with Gasteiger partial charge in [0.1, 0.15) is 5.69 Å². The summed E-state index contributed by atoms with van der Waals surface area (Å²) < 4.78 is 5.57. The van der Waals surface area contributed by atoms with Crippen LogP contribution in [0.5, 0.6) is 0 Å². The van der Waals surface area contributed by atoms with Crippen molar-refractivity contribution in [1.82, 2.24) is 25.0 Å². The molecular formula is C21H21N5O2. The maximum Gasteiger partial charge on any atom is 0.272 e. The molecule has 1 unspecified atom stereocenters. The van der Waals surface area contributed by atoms with Crippen molar-refractivity contribution in [1.29, 1.82) is 0 Å². The van der Waals surface area contributed by atoms with Crippen molar-refractivity contribution in [3.8, 4) is 11.4 Å². The zero-order chi connectivity index (χ0) is 19.1. The van der Waals surface area contributed by atoms with Crippen LogP contribution in [0.25, 0.3) is 11.4 Å². The highest BCUT2D eigenvalue weighted by Crippen LogP contribution is 2.43. The van der Waals surface area contributed by atoms with Crippen LogP contribution in [0.15, 0.2) is 47.2 Å². The molecule has 1 amide bonds. The van der Waals surface area contributed by atoms with Crippen LogP contribution in [0.3, 0.4) is 0 Å². The van der Waals surface area contributed by atoms with Gasteiger partial charge < -0.3 is 9.42 Å². The Bertz CT molecular complexity index is 989. The van der Waals surface area contributed by atoms with Crippen LogP contribution in [0.2, 0.25) is 0 Å². The number of piperidine rings is 1. The summed E-state index contributed by atoms with van der Waals surface area (Å²) in [5, 5.41) is 4.13. The minimum atomic E-state index is 0.0382. The fourth-order valence-corrected chi connectivity index (χ4v) is 4.52. The molecule has 5 rings (SSSR count). The molecule has 3 aromatic rings. The van der Waals surface area contributed by atoms with Crippen LogP contribution in [0.4, 0.5) is 0 Å². The Hall–Kier alpha value is -3.09. The molecule has 2 fully saturated rings. The largest absolute Gasteiger partial charge is 0.339 e. The predicted molar refractivity (Wildman–Crippen MR) is 101 cm³/mol. The van der Waals surface area contributed by atoms with E-state index in [9.17, 15) is 4.79 Å². The highest BCUT2D eigenvalue weighted by molar-refractivity contribution is 5.93. The van der Waals surface area contributed by atoms with E-state index in [4.69, 9.17) is 4.52 Å². The molecule has 7 heteroatoms. The quantitative estimate of drug-likeness (QED) is 0.698. The van der Waals surface area contributed by atoms with Gasteiger partial charge in [-0.2, -0.15) is 4.98 Å². The number of hydrogen-bond acceptors (Lipinski definition) is 6. The molecule has 2 aliphatic heterocycles. The van der Waals surface area contributed by atoms with Crippen LogP contribution in [-0.4, -0.2) is 43.0 Å². The molecule has 142 valence electrons. The molecule has 5 heterocycles. The van der Waals surface area contributed by atoms with Crippen molar-refractivity contribution >= 4 is 5.91 Å². The van der Waals surface area contributed by atoms with Crippen LogP contribution in [-0.2, 0) is 0 Å². The fourth-order valence-electron chi connectivity index (χ4n) is 4.52. The third-order valence-electron chi connectivity index (χ3n) is 5.79. The summed E-state index contributed by atoms with van der Waals surface area (Å²) in [6, 6.07) is 9.78. The van der Waals surface area contributed by atoms with Crippen LogP contribution in [0, 0.1) is 6.92 Å². The lowest BCUT2D eigenvalue weighted by atomic mass is 9.90. The number of amides is 1. The second kappa shape index (κ2) is 6.82. The highest BCUT2D eigenvalue weighted by atomic mass is 16.5. The van der Waals surface area contributed by atoms with Gasteiger partial charge in [-0.1, -0.05) is 11.2 Å². The Labute approximate surface area is 162 Å². The average Bonchev–Trinajstić information content (AvgIpc) is 3.31.